The third-order valence-electron chi connectivity index (χ3n) is 2.51. The monoisotopic (exact) mass is 256 g/mol. The summed E-state index contributed by atoms with van der Waals surface area (Å²) in [5.74, 6) is 0.978. The van der Waals surface area contributed by atoms with E-state index in [0.717, 1.165) is 17.1 Å². The van der Waals surface area contributed by atoms with Crippen LogP contribution in [0.4, 0.5) is 0 Å². The van der Waals surface area contributed by atoms with Gasteiger partial charge >= 0.3 is 0 Å². The van der Waals surface area contributed by atoms with Gasteiger partial charge in [0.25, 0.3) is 0 Å². The van der Waals surface area contributed by atoms with Crippen LogP contribution in [0.1, 0.15) is 23.2 Å². The quantitative estimate of drug-likeness (QED) is 0.914. The summed E-state index contributed by atoms with van der Waals surface area (Å²) in [6, 6.07) is 1.81. The highest BCUT2D eigenvalue weighted by Gasteiger charge is 2.13. The summed E-state index contributed by atoms with van der Waals surface area (Å²) in [6.07, 6.45) is 4.56. The Hall–Kier alpha value is -0.840. The number of hydrogen-bond donors (Lipinski definition) is 1. The highest BCUT2D eigenvalue weighted by Crippen LogP contribution is 2.30. The molecule has 1 N–H and O–H groups in total. The first kappa shape index (κ1) is 11.6. The molecule has 5 heteroatoms. The molecule has 16 heavy (non-hydrogen) atoms. The molecule has 0 aliphatic rings. The van der Waals surface area contributed by atoms with Crippen LogP contribution in [0.3, 0.4) is 0 Å². The van der Waals surface area contributed by atoms with Gasteiger partial charge in [0.1, 0.15) is 5.82 Å². The standard InChI is InChI=1S/C11H13ClN2OS/c1-14-6-5-13-10(14)3-2-9(15)11-8(12)4-7-16-11/h4-7,9,15H,2-3H2,1H3. The Balaban J connectivity index is 1.97. The lowest BCUT2D eigenvalue weighted by Crippen LogP contribution is -2.02. The van der Waals surface area contributed by atoms with Crippen LogP contribution in [0.2, 0.25) is 5.02 Å². The van der Waals surface area contributed by atoms with Gasteiger partial charge in [0.15, 0.2) is 0 Å². The molecule has 0 aliphatic carbocycles. The largest absolute Gasteiger partial charge is 0.388 e. The summed E-state index contributed by atoms with van der Waals surface area (Å²) in [5, 5.41) is 12.5. The molecule has 0 saturated heterocycles. The number of imidazole rings is 1. The first-order chi connectivity index (χ1) is 7.68. The van der Waals surface area contributed by atoms with Crippen molar-refractivity contribution in [3.05, 3.63) is 39.6 Å². The molecule has 1 atom stereocenters. The van der Waals surface area contributed by atoms with Gasteiger partial charge in [-0.1, -0.05) is 11.6 Å². The van der Waals surface area contributed by atoms with Crippen LogP contribution >= 0.6 is 22.9 Å². The fourth-order valence-corrected chi connectivity index (χ4v) is 2.78. The summed E-state index contributed by atoms with van der Waals surface area (Å²) in [6.45, 7) is 0. The smallest absolute Gasteiger partial charge is 0.108 e. The summed E-state index contributed by atoms with van der Waals surface area (Å²) in [5.41, 5.74) is 0. The number of aromatic nitrogens is 2. The fraction of sp³-hybridized carbons (Fsp3) is 0.364. The van der Waals surface area contributed by atoms with Crippen LogP contribution in [0.25, 0.3) is 0 Å². The van der Waals surface area contributed by atoms with Gasteiger partial charge in [-0.05, 0) is 17.9 Å². The highest BCUT2D eigenvalue weighted by molar-refractivity contribution is 7.10. The Morgan fingerprint density at radius 1 is 1.62 bits per heavy atom. The molecule has 0 fully saturated rings. The summed E-state index contributed by atoms with van der Waals surface area (Å²) >= 11 is 7.45. The first-order valence-corrected chi connectivity index (χ1v) is 6.31. The molecule has 0 aromatic carbocycles. The summed E-state index contributed by atoms with van der Waals surface area (Å²) in [7, 11) is 1.95. The lowest BCUT2D eigenvalue weighted by molar-refractivity contribution is 0.170. The molecule has 0 bridgehead atoms. The molecule has 2 rings (SSSR count). The van der Waals surface area contributed by atoms with Crippen molar-refractivity contribution in [2.75, 3.05) is 0 Å². The summed E-state index contributed by atoms with van der Waals surface area (Å²) in [4.78, 5) is 5.06. The van der Waals surface area contributed by atoms with Gasteiger partial charge in [-0.25, -0.2) is 4.98 Å². The number of thiophene rings is 1. The molecule has 2 heterocycles. The van der Waals surface area contributed by atoms with Gasteiger partial charge in [-0.2, -0.15) is 0 Å². The van der Waals surface area contributed by atoms with Crippen molar-refractivity contribution in [2.45, 2.75) is 18.9 Å². The van der Waals surface area contributed by atoms with Crippen molar-refractivity contribution in [2.24, 2.45) is 7.05 Å². The normalized spacial score (nSPS) is 12.9. The second-order valence-corrected chi connectivity index (χ2v) is 5.00. The highest BCUT2D eigenvalue weighted by atomic mass is 35.5. The maximum absolute atomic E-state index is 9.97. The average molecular weight is 257 g/mol. The van der Waals surface area contributed by atoms with Crippen molar-refractivity contribution < 1.29 is 5.11 Å². The zero-order valence-electron chi connectivity index (χ0n) is 8.93. The van der Waals surface area contributed by atoms with Crippen molar-refractivity contribution in [3.63, 3.8) is 0 Å². The number of hydrogen-bond acceptors (Lipinski definition) is 3. The molecular weight excluding hydrogens is 244 g/mol. The molecule has 3 nitrogen and oxygen atoms in total. The van der Waals surface area contributed by atoms with E-state index in [-0.39, 0.29) is 0 Å². The lowest BCUT2D eigenvalue weighted by atomic mass is 10.1. The molecule has 0 aliphatic heterocycles. The van der Waals surface area contributed by atoms with Crippen LogP contribution in [-0.4, -0.2) is 14.7 Å². The minimum absolute atomic E-state index is 0.496. The molecule has 0 amide bonds. The molecule has 0 radical (unpaired) electrons. The number of nitrogens with zero attached hydrogens (tertiary/aromatic N) is 2. The van der Waals surface area contributed by atoms with Crippen LogP contribution < -0.4 is 0 Å². The van der Waals surface area contributed by atoms with Gasteiger partial charge in [-0.3, -0.25) is 0 Å². The number of halogens is 1. The van der Waals surface area contributed by atoms with E-state index >= 15 is 0 Å². The van der Waals surface area contributed by atoms with Gasteiger partial charge in [-0.15, -0.1) is 11.3 Å². The zero-order valence-corrected chi connectivity index (χ0v) is 10.5. The molecule has 2 aromatic heterocycles. The Kier molecular flexibility index (Phi) is 3.63. The van der Waals surface area contributed by atoms with E-state index in [9.17, 15) is 5.11 Å². The van der Waals surface area contributed by atoms with E-state index in [2.05, 4.69) is 4.98 Å². The average Bonchev–Trinajstić information content (AvgIpc) is 2.84. The predicted octanol–water partition coefficient (Wildman–Crippen LogP) is 2.80. The molecule has 0 spiro atoms. The SMILES string of the molecule is Cn1ccnc1CCC(O)c1sccc1Cl. The van der Waals surface area contributed by atoms with E-state index in [4.69, 9.17) is 11.6 Å². The Labute approximate surface area is 103 Å². The zero-order chi connectivity index (χ0) is 11.5. The third-order valence-corrected chi connectivity index (χ3v) is 3.97. The fourth-order valence-electron chi connectivity index (χ4n) is 1.58. The Bertz CT molecular complexity index is 466. The van der Waals surface area contributed by atoms with Crippen molar-refractivity contribution in [1.82, 2.24) is 9.55 Å². The van der Waals surface area contributed by atoms with E-state index in [1.54, 1.807) is 6.20 Å². The Morgan fingerprint density at radius 2 is 2.44 bits per heavy atom. The van der Waals surface area contributed by atoms with E-state index in [1.165, 1.54) is 11.3 Å². The van der Waals surface area contributed by atoms with Crippen LogP contribution in [0, 0.1) is 0 Å². The lowest BCUT2D eigenvalue weighted by Gasteiger charge is -2.09. The van der Waals surface area contributed by atoms with Crippen molar-refractivity contribution in [3.8, 4) is 0 Å². The van der Waals surface area contributed by atoms with E-state index in [0.29, 0.717) is 11.4 Å². The van der Waals surface area contributed by atoms with Crippen molar-refractivity contribution >= 4 is 22.9 Å². The van der Waals surface area contributed by atoms with Crippen LogP contribution in [0.15, 0.2) is 23.8 Å². The van der Waals surface area contributed by atoms with Crippen LogP contribution in [0.5, 0.6) is 0 Å². The van der Waals surface area contributed by atoms with Crippen molar-refractivity contribution in [1.29, 1.82) is 0 Å². The summed E-state index contributed by atoms with van der Waals surface area (Å²) < 4.78 is 1.96. The molecule has 0 saturated carbocycles. The van der Waals surface area contributed by atoms with Gasteiger partial charge in [0, 0.05) is 25.9 Å². The van der Waals surface area contributed by atoms with Gasteiger partial charge in [0.2, 0.25) is 0 Å². The molecule has 1 unspecified atom stereocenters. The topological polar surface area (TPSA) is 38.0 Å². The van der Waals surface area contributed by atoms with Gasteiger partial charge in [0.05, 0.1) is 16.0 Å². The number of aryl methyl sites for hydroxylation is 2. The first-order valence-electron chi connectivity index (χ1n) is 5.05. The minimum Gasteiger partial charge on any atom is -0.388 e. The van der Waals surface area contributed by atoms with E-state index in [1.807, 2.05) is 29.3 Å². The molecular formula is C11H13ClN2OS. The third kappa shape index (κ3) is 2.45. The van der Waals surface area contributed by atoms with Gasteiger partial charge < -0.3 is 9.67 Å². The predicted molar refractivity (Wildman–Crippen MR) is 65.8 cm³/mol. The Morgan fingerprint density at radius 3 is 3.00 bits per heavy atom. The van der Waals surface area contributed by atoms with E-state index < -0.39 is 6.10 Å². The number of rotatable bonds is 4. The molecule has 86 valence electrons. The second-order valence-electron chi connectivity index (χ2n) is 3.64. The second kappa shape index (κ2) is 4.99. The molecule has 2 aromatic rings. The maximum atomic E-state index is 9.97. The maximum Gasteiger partial charge on any atom is 0.108 e. The number of aliphatic hydroxyl groups excluding tert-OH is 1. The number of aliphatic hydroxyl groups is 1. The minimum atomic E-state index is -0.496. The van der Waals surface area contributed by atoms with Crippen LogP contribution in [-0.2, 0) is 13.5 Å².